The lowest BCUT2D eigenvalue weighted by Gasteiger charge is -2.15. The van der Waals surface area contributed by atoms with Crippen molar-refractivity contribution in [2.75, 3.05) is 13.2 Å². The van der Waals surface area contributed by atoms with Gasteiger partial charge in [0.2, 0.25) is 11.8 Å². The molecule has 8 nitrogen and oxygen atoms in total. The number of carbonyl (C=O) groups excluding carboxylic acids is 4. The van der Waals surface area contributed by atoms with Gasteiger partial charge in [-0.1, -0.05) is 28.1 Å². The number of fused-ring (bicyclic) bond motifs is 1. The molecule has 142 valence electrons. The average molecular weight is 436 g/mol. The van der Waals surface area contributed by atoms with E-state index >= 15 is 0 Å². The number of hydrazine groups is 1. The molecule has 4 amide bonds. The maximum absolute atomic E-state index is 12.3. The van der Waals surface area contributed by atoms with Crippen molar-refractivity contribution in [3.05, 3.63) is 40.9 Å². The number of carbonyl (C=O) groups is 4. The number of imide groups is 1. The van der Waals surface area contributed by atoms with Crippen LogP contribution in [0.25, 0.3) is 0 Å². The summed E-state index contributed by atoms with van der Waals surface area (Å²) >= 11 is 3.29. The van der Waals surface area contributed by atoms with Crippen molar-refractivity contribution in [2.24, 2.45) is 11.8 Å². The Morgan fingerprint density at radius 2 is 1.56 bits per heavy atom. The second-order valence-corrected chi connectivity index (χ2v) is 7.17. The van der Waals surface area contributed by atoms with Crippen molar-refractivity contribution < 1.29 is 23.9 Å². The number of nitrogens with one attached hydrogen (secondary N) is 2. The third kappa shape index (κ3) is 4.54. The van der Waals surface area contributed by atoms with Crippen molar-refractivity contribution in [1.29, 1.82) is 0 Å². The Bertz CT molecular complexity index is 767. The number of amides is 4. The molecule has 9 heteroatoms. The first-order chi connectivity index (χ1) is 13.0. The zero-order valence-electron chi connectivity index (χ0n) is 14.3. The topological polar surface area (TPSA) is 105 Å². The molecule has 2 atom stereocenters. The van der Waals surface area contributed by atoms with Gasteiger partial charge in [0.05, 0.1) is 11.8 Å². The normalized spacial score (nSPS) is 21.0. The fourth-order valence-electron chi connectivity index (χ4n) is 3.06. The standard InChI is InChI=1S/C18H18BrN3O5/c19-11-5-7-12(8-6-11)27-10-16(24)21-20-15(23)9-22-17(25)13-3-1-2-4-14(13)18(22)26/h1-2,5-8,13-14H,3-4,9-10H2,(H,20,23)(H,21,24)/t13-,14-/m0/s1. The molecule has 2 aliphatic rings. The second-order valence-electron chi connectivity index (χ2n) is 6.26. The molecule has 1 aromatic rings. The predicted octanol–water partition coefficient (Wildman–Crippen LogP) is 0.926. The first-order valence-electron chi connectivity index (χ1n) is 8.42. The highest BCUT2D eigenvalue weighted by Gasteiger charge is 2.47. The first-order valence-corrected chi connectivity index (χ1v) is 9.21. The Hall–Kier alpha value is -2.68. The lowest BCUT2D eigenvalue weighted by atomic mass is 9.85. The molecule has 27 heavy (non-hydrogen) atoms. The molecule has 1 heterocycles. The van der Waals surface area contributed by atoms with Crippen LogP contribution in [-0.4, -0.2) is 41.7 Å². The van der Waals surface area contributed by atoms with Crippen LogP contribution in [0.15, 0.2) is 40.9 Å². The molecule has 3 rings (SSSR count). The monoisotopic (exact) mass is 435 g/mol. The van der Waals surface area contributed by atoms with Crippen LogP contribution in [0.5, 0.6) is 5.75 Å². The van der Waals surface area contributed by atoms with Gasteiger partial charge in [-0.15, -0.1) is 0 Å². The number of benzene rings is 1. The summed E-state index contributed by atoms with van der Waals surface area (Å²) in [4.78, 5) is 49.3. The predicted molar refractivity (Wildman–Crippen MR) is 98.0 cm³/mol. The quantitative estimate of drug-likeness (QED) is 0.406. The van der Waals surface area contributed by atoms with E-state index in [0.29, 0.717) is 18.6 Å². The fraction of sp³-hybridized carbons (Fsp3) is 0.333. The van der Waals surface area contributed by atoms with Gasteiger partial charge in [-0.05, 0) is 37.1 Å². The zero-order chi connectivity index (χ0) is 19.4. The smallest absolute Gasteiger partial charge is 0.276 e. The van der Waals surface area contributed by atoms with Gasteiger partial charge < -0.3 is 4.74 Å². The summed E-state index contributed by atoms with van der Waals surface area (Å²) in [5, 5.41) is 0. The van der Waals surface area contributed by atoms with Crippen LogP contribution in [0.3, 0.4) is 0 Å². The van der Waals surface area contributed by atoms with E-state index in [9.17, 15) is 19.2 Å². The van der Waals surface area contributed by atoms with E-state index in [4.69, 9.17) is 4.74 Å². The summed E-state index contributed by atoms with van der Waals surface area (Å²) in [5.74, 6) is -2.16. The number of nitrogens with zero attached hydrogens (tertiary/aromatic N) is 1. The van der Waals surface area contributed by atoms with Crippen LogP contribution in [0.2, 0.25) is 0 Å². The maximum Gasteiger partial charge on any atom is 0.276 e. The molecule has 0 unspecified atom stereocenters. The number of ether oxygens (including phenoxy) is 1. The van der Waals surface area contributed by atoms with Gasteiger partial charge in [-0.25, -0.2) is 0 Å². The largest absolute Gasteiger partial charge is 0.484 e. The van der Waals surface area contributed by atoms with Crippen LogP contribution < -0.4 is 15.6 Å². The van der Waals surface area contributed by atoms with E-state index in [1.807, 2.05) is 12.2 Å². The first kappa shape index (κ1) is 19.1. The highest BCUT2D eigenvalue weighted by atomic mass is 79.9. The molecular formula is C18H18BrN3O5. The summed E-state index contributed by atoms with van der Waals surface area (Å²) in [7, 11) is 0. The van der Waals surface area contributed by atoms with Crippen molar-refractivity contribution in [2.45, 2.75) is 12.8 Å². The fourth-order valence-corrected chi connectivity index (χ4v) is 3.33. The summed E-state index contributed by atoms with van der Waals surface area (Å²) < 4.78 is 6.16. The molecular weight excluding hydrogens is 418 g/mol. The van der Waals surface area contributed by atoms with Crippen molar-refractivity contribution in [3.8, 4) is 5.75 Å². The molecule has 0 spiro atoms. The van der Waals surface area contributed by atoms with E-state index in [1.54, 1.807) is 24.3 Å². The van der Waals surface area contributed by atoms with E-state index in [-0.39, 0.29) is 30.3 Å². The minimum Gasteiger partial charge on any atom is -0.484 e. The second kappa shape index (κ2) is 8.34. The van der Waals surface area contributed by atoms with Crippen molar-refractivity contribution >= 4 is 39.6 Å². The summed E-state index contributed by atoms with van der Waals surface area (Å²) in [6.07, 6.45) is 4.78. The number of hydrogen-bond donors (Lipinski definition) is 2. The van der Waals surface area contributed by atoms with Gasteiger partial charge in [0, 0.05) is 4.47 Å². The lowest BCUT2D eigenvalue weighted by Crippen LogP contribution is -2.49. The van der Waals surface area contributed by atoms with Crippen LogP contribution >= 0.6 is 15.9 Å². The molecule has 1 saturated heterocycles. The Morgan fingerprint density at radius 1 is 1.00 bits per heavy atom. The summed E-state index contributed by atoms with van der Waals surface area (Å²) in [6, 6.07) is 6.92. The highest BCUT2D eigenvalue weighted by molar-refractivity contribution is 9.10. The van der Waals surface area contributed by atoms with Gasteiger partial charge in [0.25, 0.3) is 11.8 Å². The highest BCUT2D eigenvalue weighted by Crippen LogP contribution is 2.34. The van der Waals surface area contributed by atoms with Crippen molar-refractivity contribution in [1.82, 2.24) is 15.8 Å². The van der Waals surface area contributed by atoms with Crippen LogP contribution in [0.4, 0.5) is 0 Å². The van der Waals surface area contributed by atoms with Gasteiger partial charge in [-0.2, -0.15) is 0 Å². The SMILES string of the molecule is O=C(COc1ccc(Br)cc1)NNC(=O)CN1C(=O)[C@H]2CC=CC[C@@H]2C1=O. The third-order valence-electron chi connectivity index (χ3n) is 4.43. The number of rotatable bonds is 5. The summed E-state index contributed by atoms with van der Waals surface area (Å²) in [6.45, 7) is -0.710. The van der Waals surface area contributed by atoms with E-state index in [2.05, 4.69) is 26.8 Å². The number of likely N-dealkylation sites (tertiary alicyclic amines) is 1. The number of hydrogen-bond acceptors (Lipinski definition) is 5. The minimum atomic E-state index is -0.653. The number of halogens is 1. The van der Waals surface area contributed by atoms with Crippen molar-refractivity contribution in [3.63, 3.8) is 0 Å². The molecule has 2 N–H and O–H groups in total. The molecule has 0 bridgehead atoms. The van der Waals surface area contributed by atoms with E-state index in [0.717, 1.165) is 9.37 Å². The molecule has 0 aromatic heterocycles. The molecule has 0 radical (unpaired) electrons. The van der Waals surface area contributed by atoms with Gasteiger partial charge in [0.15, 0.2) is 6.61 Å². The molecule has 1 fully saturated rings. The minimum absolute atomic E-state index is 0.292. The lowest BCUT2D eigenvalue weighted by molar-refractivity contribution is -0.144. The third-order valence-corrected chi connectivity index (χ3v) is 4.95. The Kier molecular flexibility index (Phi) is 5.90. The molecule has 1 aliphatic heterocycles. The van der Waals surface area contributed by atoms with E-state index < -0.39 is 18.4 Å². The molecule has 0 saturated carbocycles. The van der Waals surface area contributed by atoms with Gasteiger partial charge in [-0.3, -0.25) is 34.9 Å². The summed E-state index contributed by atoms with van der Waals surface area (Å²) in [5.41, 5.74) is 4.39. The Balaban J connectivity index is 1.43. The van der Waals surface area contributed by atoms with E-state index in [1.165, 1.54) is 0 Å². The Labute approximate surface area is 164 Å². The van der Waals surface area contributed by atoms with Gasteiger partial charge >= 0.3 is 0 Å². The molecule has 1 aliphatic carbocycles. The van der Waals surface area contributed by atoms with Crippen LogP contribution in [-0.2, 0) is 19.2 Å². The molecule has 1 aromatic carbocycles. The number of allylic oxidation sites excluding steroid dienone is 2. The van der Waals surface area contributed by atoms with Gasteiger partial charge in [0.1, 0.15) is 12.3 Å². The maximum atomic E-state index is 12.3. The van der Waals surface area contributed by atoms with Crippen LogP contribution in [0, 0.1) is 11.8 Å². The van der Waals surface area contributed by atoms with Crippen LogP contribution in [0.1, 0.15) is 12.8 Å². The Morgan fingerprint density at radius 3 is 2.15 bits per heavy atom. The average Bonchev–Trinajstić information content (AvgIpc) is 2.91. The zero-order valence-corrected chi connectivity index (χ0v) is 15.9.